The number of pyridine rings is 1. The first kappa shape index (κ1) is 15.6. The minimum absolute atomic E-state index is 0.360. The maximum Gasteiger partial charge on any atom is 0.137 e. The van der Waals surface area contributed by atoms with Crippen LogP contribution in [0.15, 0.2) is 18.5 Å². The fourth-order valence-electron chi connectivity index (χ4n) is 2.56. The average Bonchev–Trinajstić information content (AvgIpc) is 2.99. The van der Waals surface area contributed by atoms with Gasteiger partial charge in [0.15, 0.2) is 0 Å². The Bertz CT molecular complexity index is 394. The van der Waals surface area contributed by atoms with Gasteiger partial charge in [-0.05, 0) is 37.9 Å². The van der Waals surface area contributed by atoms with E-state index in [9.17, 15) is 0 Å². The second-order valence-electron chi connectivity index (χ2n) is 5.38. The second-order valence-corrected chi connectivity index (χ2v) is 6.72. The van der Waals surface area contributed by atoms with Crippen molar-refractivity contribution in [2.45, 2.75) is 50.3 Å². The van der Waals surface area contributed by atoms with E-state index in [1.807, 2.05) is 13.2 Å². The molecule has 1 aliphatic rings. The van der Waals surface area contributed by atoms with Crippen LogP contribution >= 0.6 is 11.8 Å². The summed E-state index contributed by atoms with van der Waals surface area (Å²) in [5, 5.41) is 4.27. The van der Waals surface area contributed by atoms with Crippen LogP contribution in [0.25, 0.3) is 0 Å². The molecule has 0 amide bonds. The summed E-state index contributed by atoms with van der Waals surface area (Å²) in [7, 11) is 2.03. The molecule has 1 unspecified atom stereocenters. The van der Waals surface area contributed by atoms with Crippen LogP contribution in [0.5, 0.6) is 5.75 Å². The molecule has 0 spiro atoms. The van der Waals surface area contributed by atoms with Gasteiger partial charge in [0.1, 0.15) is 5.75 Å². The maximum atomic E-state index is 5.67. The summed E-state index contributed by atoms with van der Waals surface area (Å²) >= 11 is 2.10. The molecular formula is C16H26N2OS. The van der Waals surface area contributed by atoms with Crippen LogP contribution in [0.2, 0.25) is 0 Å². The lowest BCUT2D eigenvalue weighted by atomic mass is 10.1. The first-order valence-corrected chi connectivity index (χ1v) is 8.75. The van der Waals surface area contributed by atoms with Gasteiger partial charge in [0, 0.05) is 23.2 Å². The zero-order valence-corrected chi connectivity index (χ0v) is 13.4. The van der Waals surface area contributed by atoms with Gasteiger partial charge < -0.3 is 10.1 Å². The maximum absolute atomic E-state index is 5.67. The highest BCUT2D eigenvalue weighted by molar-refractivity contribution is 7.99. The second kappa shape index (κ2) is 8.53. The van der Waals surface area contributed by atoms with E-state index in [0.29, 0.717) is 6.04 Å². The fraction of sp³-hybridized carbons (Fsp3) is 0.688. The SMILES string of the molecule is CCCOc1cncc(C(CSC2CCCC2)NC)c1. The summed E-state index contributed by atoms with van der Waals surface area (Å²) in [4.78, 5) is 4.31. The highest BCUT2D eigenvalue weighted by Gasteiger charge is 2.18. The molecule has 1 saturated carbocycles. The van der Waals surface area contributed by atoms with Crippen LogP contribution in [-0.2, 0) is 0 Å². The van der Waals surface area contributed by atoms with E-state index in [-0.39, 0.29) is 0 Å². The zero-order valence-electron chi connectivity index (χ0n) is 12.6. The highest BCUT2D eigenvalue weighted by atomic mass is 32.2. The van der Waals surface area contributed by atoms with Gasteiger partial charge in [-0.25, -0.2) is 0 Å². The standard InChI is InChI=1S/C16H26N2OS/c1-3-8-19-14-9-13(10-18-11-14)16(17-2)12-20-15-6-4-5-7-15/h9-11,15-17H,3-8,12H2,1-2H3. The lowest BCUT2D eigenvalue weighted by Gasteiger charge is -2.19. The summed E-state index contributed by atoms with van der Waals surface area (Å²) < 4.78 is 5.67. The van der Waals surface area contributed by atoms with E-state index in [1.165, 1.54) is 31.2 Å². The monoisotopic (exact) mass is 294 g/mol. The minimum atomic E-state index is 0.360. The van der Waals surface area contributed by atoms with Crippen molar-refractivity contribution in [3.05, 3.63) is 24.0 Å². The Morgan fingerprint density at radius 1 is 1.40 bits per heavy atom. The van der Waals surface area contributed by atoms with Crippen LogP contribution in [0.4, 0.5) is 0 Å². The number of ether oxygens (including phenoxy) is 1. The molecule has 0 radical (unpaired) electrons. The Kier molecular flexibility index (Phi) is 6.67. The predicted molar refractivity (Wildman–Crippen MR) is 86.5 cm³/mol. The molecule has 0 aliphatic heterocycles. The van der Waals surface area contributed by atoms with Gasteiger partial charge in [-0.3, -0.25) is 4.98 Å². The van der Waals surface area contributed by atoms with Gasteiger partial charge in [-0.2, -0.15) is 11.8 Å². The van der Waals surface area contributed by atoms with Crippen LogP contribution in [0, 0.1) is 0 Å². The van der Waals surface area contributed by atoms with Crippen LogP contribution in [0.3, 0.4) is 0 Å². The summed E-state index contributed by atoms with van der Waals surface area (Å²) in [6, 6.07) is 2.48. The average molecular weight is 294 g/mol. The molecule has 1 aromatic rings. The van der Waals surface area contributed by atoms with E-state index in [4.69, 9.17) is 4.74 Å². The molecule has 2 rings (SSSR count). The Labute approximate surface area is 126 Å². The zero-order chi connectivity index (χ0) is 14.2. The van der Waals surface area contributed by atoms with E-state index in [2.05, 4.69) is 35.1 Å². The van der Waals surface area contributed by atoms with Crippen LogP contribution in [0.1, 0.15) is 50.6 Å². The third-order valence-electron chi connectivity index (χ3n) is 3.76. The number of hydrogen-bond acceptors (Lipinski definition) is 4. The van der Waals surface area contributed by atoms with Crippen molar-refractivity contribution in [1.82, 2.24) is 10.3 Å². The normalized spacial score (nSPS) is 17.3. The van der Waals surface area contributed by atoms with Gasteiger partial charge >= 0.3 is 0 Å². The molecular weight excluding hydrogens is 268 g/mol. The largest absolute Gasteiger partial charge is 0.492 e. The quantitative estimate of drug-likeness (QED) is 0.790. The molecule has 0 aromatic carbocycles. The molecule has 1 heterocycles. The number of thioether (sulfide) groups is 1. The van der Waals surface area contributed by atoms with Crippen molar-refractivity contribution >= 4 is 11.8 Å². The van der Waals surface area contributed by atoms with Gasteiger partial charge in [0.25, 0.3) is 0 Å². The Balaban J connectivity index is 1.91. The molecule has 1 aromatic heterocycles. The Hall–Kier alpha value is -0.740. The van der Waals surface area contributed by atoms with Gasteiger partial charge in [0.05, 0.1) is 12.8 Å². The topological polar surface area (TPSA) is 34.1 Å². The molecule has 3 nitrogen and oxygen atoms in total. The molecule has 4 heteroatoms. The first-order chi connectivity index (χ1) is 9.83. The van der Waals surface area contributed by atoms with E-state index in [1.54, 1.807) is 6.20 Å². The van der Waals surface area contributed by atoms with Gasteiger partial charge in [-0.1, -0.05) is 19.8 Å². The number of rotatable bonds is 8. The predicted octanol–water partition coefficient (Wildman–Crippen LogP) is 3.81. The Morgan fingerprint density at radius 3 is 2.90 bits per heavy atom. The highest BCUT2D eigenvalue weighted by Crippen LogP contribution is 2.32. The third-order valence-corrected chi connectivity index (χ3v) is 5.23. The van der Waals surface area contributed by atoms with Crippen LogP contribution < -0.4 is 10.1 Å². The lowest BCUT2D eigenvalue weighted by Crippen LogP contribution is -2.20. The molecule has 20 heavy (non-hydrogen) atoms. The van der Waals surface area contributed by atoms with Crippen LogP contribution in [-0.4, -0.2) is 29.6 Å². The summed E-state index contributed by atoms with van der Waals surface area (Å²) in [6.07, 6.45) is 10.4. The van der Waals surface area contributed by atoms with Crippen molar-refractivity contribution in [2.24, 2.45) is 0 Å². The van der Waals surface area contributed by atoms with E-state index >= 15 is 0 Å². The summed E-state index contributed by atoms with van der Waals surface area (Å²) in [6.45, 7) is 2.87. The van der Waals surface area contributed by atoms with E-state index in [0.717, 1.165) is 29.8 Å². The summed E-state index contributed by atoms with van der Waals surface area (Å²) in [5.41, 5.74) is 1.23. The minimum Gasteiger partial charge on any atom is -0.492 e. The fourth-order valence-corrected chi connectivity index (χ4v) is 4.05. The van der Waals surface area contributed by atoms with Gasteiger partial charge in [-0.15, -0.1) is 0 Å². The molecule has 1 atom stereocenters. The lowest BCUT2D eigenvalue weighted by molar-refractivity contribution is 0.315. The molecule has 112 valence electrons. The Morgan fingerprint density at radius 2 is 2.20 bits per heavy atom. The van der Waals surface area contributed by atoms with Crippen molar-refractivity contribution in [2.75, 3.05) is 19.4 Å². The smallest absolute Gasteiger partial charge is 0.137 e. The van der Waals surface area contributed by atoms with Crippen molar-refractivity contribution < 1.29 is 4.74 Å². The molecule has 1 aliphatic carbocycles. The molecule has 1 N–H and O–H groups in total. The third kappa shape index (κ3) is 4.67. The van der Waals surface area contributed by atoms with Crippen molar-refractivity contribution in [3.63, 3.8) is 0 Å². The van der Waals surface area contributed by atoms with E-state index < -0.39 is 0 Å². The van der Waals surface area contributed by atoms with Gasteiger partial charge in [0.2, 0.25) is 0 Å². The number of hydrogen-bond donors (Lipinski definition) is 1. The molecule has 1 fully saturated rings. The number of nitrogens with one attached hydrogen (secondary N) is 1. The summed E-state index contributed by atoms with van der Waals surface area (Å²) in [5.74, 6) is 2.00. The number of aromatic nitrogens is 1. The van der Waals surface area contributed by atoms with Crippen molar-refractivity contribution in [3.8, 4) is 5.75 Å². The van der Waals surface area contributed by atoms with Crippen molar-refractivity contribution in [1.29, 1.82) is 0 Å². The molecule has 0 bridgehead atoms. The first-order valence-electron chi connectivity index (χ1n) is 7.70. The number of nitrogens with zero attached hydrogens (tertiary/aromatic N) is 1. The molecule has 0 saturated heterocycles.